The van der Waals surface area contributed by atoms with Gasteiger partial charge in [-0.1, -0.05) is 18.2 Å². The maximum absolute atomic E-state index is 13.0. The zero-order valence-electron chi connectivity index (χ0n) is 14.2. The third kappa shape index (κ3) is 2.76. The molecule has 134 valence electrons. The molecule has 2 heterocycles. The standard InChI is InChI=1S/C17H15N3O5S/c1-24-16(22)10-12(17(23)25-2)18-14-11(13(10)21)15(26-3)19-20(14)9-7-5-4-6-8-9/h4-8H,1-3H3,(H,18,21). The summed E-state index contributed by atoms with van der Waals surface area (Å²) in [7, 11) is 2.30. The number of methoxy groups -OCH3 is 2. The van der Waals surface area contributed by atoms with Crippen molar-refractivity contribution >= 4 is 34.7 Å². The highest BCUT2D eigenvalue weighted by atomic mass is 32.2. The lowest BCUT2D eigenvalue weighted by Gasteiger charge is -2.08. The van der Waals surface area contributed by atoms with Crippen molar-refractivity contribution in [3.8, 4) is 5.69 Å². The number of carbonyl (C=O) groups is 2. The van der Waals surface area contributed by atoms with Crippen molar-refractivity contribution in [2.24, 2.45) is 0 Å². The third-order valence-corrected chi connectivity index (χ3v) is 4.45. The topological polar surface area (TPSA) is 103 Å². The summed E-state index contributed by atoms with van der Waals surface area (Å²) in [6, 6.07) is 9.11. The number of esters is 2. The van der Waals surface area contributed by atoms with Gasteiger partial charge in [0.05, 0.1) is 25.3 Å². The molecule has 1 N–H and O–H groups in total. The number of nitrogens with zero attached hydrogens (tertiary/aromatic N) is 2. The van der Waals surface area contributed by atoms with E-state index in [9.17, 15) is 14.4 Å². The number of H-pyrrole nitrogens is 1. The van der Waals surface area contributed by atoms with Gasteiger partial charge in [-0.05, 0) is 18.4 Å². The quantitative estimate of drug-likeness (QED) is 0.551. The fraction of sp³-hybridized carbons (Fsp3) is 0.176. The Balaban J connectivity index is 2.46. The van der Waals surface area contributed by atoms with Gasteiger partial charge in [-0.2, -0.15) is 5.10 Å². The monoisotopic (exact) mass is 373 g/mol. The highest BCUT2D eigenvalue weighted by Crippen LogP contribution is 2.26. The van der Waals surface area contributed by atoms with Gasteiger partial charge in [0, 0.05) is 0 Å². The van der Waals surface area contributed by atoms with Crippen LogP contribution < -0.4 is 5.43 Å². The Labute approximate surface area is 152 Å². The minimum absolute atomic E-state index is 0.203. The van der Waals surface area contributed by atoms with E-state index in [2.05, 4.69) is 14.8 Å². The van der Waals surface area contributed by atoms with Gasteiger partial charge in [0.2, 0.25) is 5.43 Å². The first-order valence-corrected chi connectivity index (χ1v) is 8.71. The molecular formula is C17H15N3O5S. The molecule has 3 aromatic rings. The second-order valence-electron chi connectivity index (χ2n) is 5.17. The molecule has 0 atom stereocenters. The number of para-hydroxylation sites is 1. The van der Waals surface area contributed by atoms with E-state index >= 15 is 0 Å². The summed E-state index contributed by atoms with van der Waals surface area (Å²) < 4.78 is 10.9. The Morgan fingerprint density at radius 3 is 2.35 bits per heavy atom. The summed E-state index contributed by atoms with van der Waals surface area (Å²) in [5.74, 6) is -1.77. The summed E-state index contributed by atoms with van der Waals surface area (Å²) in [6.45, 7) is 0. The van der Waals surface area contributed by atoms with E-state index in [1.165, 1.54) is 16.4 Å². The molecule has 0 saturated heterocycles. The SMILES string of the molecule is COC(=O)c1[nH]c2c(c(SC)nn2-c2ccccc2)c(=O)c1C(=O)OC. The molecule has 0 aliphatic heterocycles. The second kappa shape index (κ2) is 7.04. The Hall–Kier alpha value is -3.07. The van der Waals surface area contributed by atoms with Crippen molar-refractivity contribution in [1.29, 1.82) is 0 Å². The number of ether oxygens (including phenoxy) is 2. The number of aromatic amines is 1. The van der Waals surface area contributed by atoms with Crippen molar-refractivity contribution in [1.82, 2.24) is 14.8 Å². The molecule has 0 aliphatic rings. The Bertz CT molecular complexity index is 1060. The zero-order valence-corrected chi connectivity index (χ0v) is 15.0. The minimum Gasteiger partial charge on any atom is -0.465 e. The molecule has 0 amide bonds. The summed E-state index contributed by atoms with van der Waals surface area (Å²) in [6.07, 6.45) is 1.77. The molecule has 0 radical (unpaired) electrons. The van der Waals surface area contributed by atoms with E-state index in [4.69, 9.17) is 4.74 Å². The van der Waals surface area contributed by atoms with Gasteiger partial charge in [-0.15, -0.1) is 11.8 Å². The molecule has 0 aliphatic carbocycles. The maximum atomic E-state index is 13.0. The average molecular weight is 373 g/mol. The van der Waals surface area contributed by atoms with Gasteiger partial charge >= 0.3 is 11.9 Å². The van der Waals surface area contributed by atoms with Crippen LogP contribution in [0.4, 0.5) is 0 Å². The first-order chi connectivity index (χ1) is 12.5. The van der Waals surface area contributed by atoms with Crippen LogP contribution >= 0.6 is 11.8 Å². The van der Waals surface area contributed by atoms with Crippen LogP contribution in [0.5, 0.6) is 0 Å². The number of fused-ring (bicyclic) bond motifs is 1. The first-order valence-electron chi connectivity index (χ1n) is 7.48. The number of aromatic nitrogens is 3. The van der Waals surface area contributed by atoms with Crippen molar-refractivity contribution in [3.05, 3.63) is 51.8 Å². The molecule has 0 unspecified atom stereocenters. The number of rotatable bonds is 4. The fourth-order valence-electron chi connectivity index (χ4n) is 2.59. The van der Waals surface area contributed by atoms with Crippen LogP contribution in [-0.2, 0) is 9.47 Å². The lowest BCUT2D eigenvalue weighted by atomic mass is 10.1. The predicted molar refractivity (Wildman–Crippen MR) is 96.2 cm³/mol. The number of pyridine rings is 1. The number of hydrogen-bond donors (Lipinski definition) is 1. The van der Waals surface area contributed by atoms with E-state index in [0.717, 1.165) is 14.2 Å². The van der Waals surface area contributed by atoms with Crippen LogP contribution in [0.15, 0.2) is 40.2 Å². The Kier molecular flexibility index (Phi) is 4.81. The van der Waals surface area contributed by atoms with E-state index < -0.39 is 22.9 Å². The van der Waals surface area contributed by atoms with Gasteiger partial charge in [0.1, 0.15) is 21.9 Å². The van der Waals surface area contributed by atoms with Crippen molar-refractivity contribution < 1.29 is 19.1 Å². The average Bonchev–Trinajstić information content (AvgIpc) is 3.06. The summed E-state index contributed by atoms with van der Waals surface area (Å²) >= 11 is 1.26. The molecule has 0 spiro atoms. The van der Waals surface area contributed by atoms with E-state index in [-0.39, 0.29) is 11.1 Å². The zero-order chi connectivity index (χ0) is 18.8. The smallest absolute Gasteiger partial charge is 0.355 e. The number of thioether (sulfide) groups is 1. The molecular weight excluding hydrogens is 358 g/mol. The highest BCUT2D eigenvalue weighted by Gasteiger charge is 2.28. The van der Waals surface area contributed by atoms with Gasteiger partial charge < -0.3 is 14.5 Å². The number of benzene rings is 1. The van der Waals surface area contributed by atoms with E-state index in [1.807, 2.05) is 18.2 Å². The molecule has 0 bridgehead atoms. The number of carbonyl (C=O) groups excluding carboxylic acids is 2. The molecule has 1 aromatic carbocycles. The summed E-state index contributed by atoms with van der Waals surface area (Å²) in [4.78, 5) is 40.1. The molecule has 0 saturated carbocycles. The first kappa shape index (κ1) is 17.7. The molecule has 8 nitrogen and oxygen atoms in total. The van der Waals surface area contributed by atoms with Gasteiger partial charge in [-0.3, -0.25) is 4.79 Å². The molecule has 9 heteroatoms. The summed E-state index contributed by atoms with van der Waals surface area (Å²) in [5.41, 5.74) is -0.345. The maximum Gasteiger partial charge on any atom is 0.355 e. The number of nitrogens with one attached hydrogen (secondary N) is 1. The fourth-order valence-corrected chi connectivity index (χ4v) is 3.15. The molecule has 2 aromatic heterocycles. The van der Waals surface area contributed by atoms with Crippen molar-refractivity contribution in [2.45, 2.75) is 5.03 Å². The van der Waals surface area contributed by atoms with Crippen molar-refractivity contribution in [2.75, 3.05) is 20.5 Å². The van der Waals surface area contributed by atoms with Gasteiger partial charge in [0.25, 0.3) is 0 Å². The van der Waals surface area contributed by atoms with E-state index in [0.29, 0.717) is 16.4 Å². The Morgan fingerprint density at radius 2 is 1.77 bits per heavy atom. The second-order valence-corrected chi connectivity index (χ2v) is 5.96. The Morgan fingerprint density at radius 1 is 1.12 bits per heavy atom. The van der Waals surface area contributed by atoms with Gasteiger partial charge in [-0.25, -0.2) is 14.3 Å². The predicted octanol–water partition coefficient (Wildman–Crippen LogP) is 2.01. The van der Waals surface area contributed by atoms with Crippen LogP contribution in [-0.4, -0.2) is 47.2 Å². The lowest BCUT2D eigenvalue weighted by molar-refractivity contribution is 0.0549. The van der Waals surface area contributed by atoms with Crippen LogP contribution in [0.3, 0.4) is 0 Å². The van der Waals surface area contributed by atoms with Crippen LogP contribution in [0.2, 0.25) is 0 Å². The van der Waals surface area contributed by atoms with Gasteiger partial charge in [0.15, 0.2) is 0 Å². The lowest BCUT2D eigenvalue weighted by Crippen LogP contribution is -2.24. The van der Waals surface area contributed by atoms with Crippen LogP contribution in [0, 0.1) is 0 Å². The largest absolute Gasteiger partial charge is 0.465 e. The minimum atomic E-state index is -0.923. The highest BCUT2D eigenvalue weighted by molar-refractivity contribution is 7.98. The van der Waals surface area contributed by atoms with E-state index in [1.54, 1.807) is 18.4 Å². The molecule has 0 fully saturated rings. The normalized spacial score (nSPS) is 10.7. The van der Waals surface area contributed by atoms with Crippen LogP contribution in [0.1, 0.15) is 20.8 Å². The summed E-state index contributed by atoms with van der Waals surface area (Å²) in [5, 5.41) is 5.06. The van der Waals surface area contributed by atoms with Crippen molar-refractivity contribution in [3.63, 3.8) is 0 Å². The number of hydrogen-bond acceptors (Lipinski definition) is 7. The molecule has 26 heavy (non-hydrogen) atoms. The third-order valence-electron chi connectivity index (χ3n) is 3.77. The van der Waals surface area contributed by atoms with Crippen LogP contribution in [0.25, 0.3) is 16.7 Å². The molecule has 3 rings (SSSR count).